The molecule has 1 aromatic heterocycles. The Morgan fingerprint density at radius 3 is 2.50 bits per heavy atom. The van der Waals surface area contributed by atoms with Gasteiger partial charge in [0.15, 0.2) is 0 Å². The zero-order valence-corrected chi connectivity index (χ0v) is 12.3. The number of pyridine rings is 1. The lowest BCUT2D eigenvalue weighted by molar-refractivity contribution is 0.600. The number of aromatic nitrogens is 1. The monoisotopic (exact) mass is 307 g/mol. The Bertz CT molecular complexity index is 740. The molecule has 2 aromatic rings. The number of anilines is 1. The van der Waals surface area contributed by atoms with Crippen LogP contribution in [0, 0.1) is 6.92 Å². The Hall–Kier alpha value is -1.99. The molecule has 2 rings (SSSR count). The molecule has 0 saturated heterocycles. The fourth-order valence-electron chi connectivity index (χ4n) is 1.58. The van der Waals surface area contributed by atoms with Crippen molar-refractivity contribution < 1.29 is 8.42 Å². The molecule has 0 atom stereocenters. The van der Waals surface area contributed by atoms with Gasteiger partial charge < -0.3 is 5.73 Å². The van der Waals surface area contributed by atoms with Crippen molar-refractivity contribution in [2.75, 3.05) is 4.72 Å². The summed E-state index contributed by atoms with van der Waals surface area (Å²) in [5, 5.41) is 0. The molecule has 0 spiro atoms. The van der Waals surface area contributed by atoms with Crippen LogP contribution in [0.15, 0.2) is 47.5 Å². The molecule has 20 heavy (non-hydrogen) atoms. The van der Waals surface area contributed by atoms with Crippen LogP contribution in [0.3, 0.4) is 0 Å². The molecular formula is C13H13N3O2S2. The molecule has 0 aliphatic heterocycles. The zero-order chi connectivity index (χ0) is 14.8. The first-order chi connectivity index (χ1) is 9.40. The van der Waals surface area contributed by atoms with Gasteiger partial charge in [0.05, 0.1) is 11.4 Å². The Labute approximate surface area is 122 Å². The number of hydrogen-bond donors (Lipinski definition) is 2. The van der Waals surface area contributed by atoms with Gasteiger partial charge >= 0.3 is 0 Å². The number of nitrogens with zero attached hydrogens (tertiary/aromatic N) is 1. The Kier molecular flexibility index (Phi) is 4.01. The van der Waals surface area contributed by atoms with Gasteiger partial charge in [0.2, 0.25) is 0 Å². The topological polar surface area (TPSA) is 85.1 Å². The fourth-order valence-corrected chi connectivity index (χ4v) is 2.77. The third-order valence-electron chi connectivity index (χ3n) is 2.69. The summed E-state index contributed by atoms with van der Waals surface area (Å²) in [5.41, 5.74) is 7.17. The zero-order valence-electron chi connectivity index (χ0n) is 10.7. The summed E-state index contributed by atoms with van der Waals surface area (Å²) in [6, 6.07) is 10.0. The molecule has 0 fully saturated rings. The van der Waals surface area contributed by atoms with Gasteiger partial charge in [-0.15, -0.1) is 0 Å². The average molecular weight is 307 g/mol. The van der Waals surface area contributed by atoms with E-state index < -0.39 is 10.0 Å². The molecule has 0 amide bonds. The highest BCUT2D eigenvalue weighted by molar-refractivity contribution is 7.92. The predicted molar refractivity (Wildman–Crippen MR) is 82.1 cm³/mol. The van der Waals surface area contributed by atoms with Crippen molar-refractivity contribution in [1.82, 2.24) is 4.98 Å². The summed E-state index contributed by atoms with van der Waals surface area (Å²) in [4.78, 5) is 4.11. The molecule has 1 aromatic carbocycles. The Morgan fingerprint density at radius 2 is 1.95 bits per heavy atom. The standard InChI is InChI=1S/C13H13N3O2S2/c1-9-4-2-3-5-11(9)16-20(17,18)10-6-7-12(13(14)19)15-8-10/h2-8,16H,1H3,(H2,14,19). The molecular weight excluding hydrogens is 294 g/mol. The van der Waals surface area contributed by atoms with Crippen molar-refractivity contribution in [2.45, 2.75) is 11.8 Å². The van der Waals surface area contributed by atoms with E-state index in [9.17, 15) is 8.42 Å². The number of nitrogens with one attached hydrogen (secondary N) is 1. The summed E-state index contributed by atoms with van der Waals surface area (Å²) in [7, 11) is -3.67. The smallest absolute Gasteiger partial charge is 0.263 e. The van der Waals surface area contributed by atoms with Gasteiger partial charge in [-0.25, -0.2) is 8.42 Å². The van der Waals surface area contributed by atoms with Crippen LogP contribution in [0.25, 0.3) is 0 Å². The molecule has 0 aliphatic rings. The quantitative estimate of drug-likeness (QED) is 0.842. The third-order valence-corrected chi connectivity index (χ3v) is 4.25. The van der Waals surface area contributed by atoms with Crippen molar-refractivity contribution in [3.8, 4) is 0 Å². The number of thiocarbonyl (C=S) groups is 1. The minimum Gasteiger partial charge on any atom is -0.388 e. The lowest BCUT2D eigenvalue weighted by Crippen LogP contribution is -2.16. The molecule has 104 valence electrons. The highest BCUT2D eigenvalue weighted by atomic mass is 32.2. The number of para-hydroxylation sites is 1. The SMILES string of the molecule is Cc1ccccc1NS(=O)(=O)c1ccc(C(N)=S)nc1. The van der Waals surface area contributed by atoms with Crippen LogP contribution in [-0.2, 0) is 10.0 Å². The summed E-state index contributed by atoms with van der Waals surface area (Å²) in [6.45, 7) is 1.83. The van der Waals surface area contributed by atoms with E-state index in [0.29, 0.717) is 11.4 Å². The van der Waals surface area contributed by atoms with Gasteiger partial charge in [0.25, 0.3) is 10.0 Å². The van der Waals surface area contributed by atoms with Crippen LogP contribution in [0.1, 0.15) is 11.3 Å². The van der Waals surface area contributed by atoms with E-state index in [1.54, 1.807) is 12.1 Å². The first-order valence-corrected chi connectivity index (χ1v) is 7.63. The van der Waals surface area contributed by atoms with Crippen LogP contribution in [-0.4, -0.2) is 18.4 Å². The summed E-state index contributed by atoms with van der Waals surface area (Å²) >= 11 is 4.77. The Balaban J connectivity index is 2.31. The van der Waals surface area contributed by atoms with Crippen molar-refractivity contribution in [3.63, 3.8) is 0 Å². The number of sulfonamides is 1. The number of aryl methyl sites for hydroxylation is 1. The summed E-state index contributed by atoms with van der Waals surface area (Å²) < 4.78 is 27.0. The van der Waals surface area contributed by atoms with E-state index >= 15 is 0 Å². The maximum atomic E-state index is 12.2. The predicted octanol–water partition coefficient (Wildman–Crippen LogP) is 1.83. The summed E-state index contributed by atoms with van der Waals surface area (Å²) in [6.07, 6.45) is 1.23. The van der Waals surface area contributed by atoms with Crippen molar-refractivity contribution in [3.05, 3.63) is 53.9 Å². The van der Waals surface area contributed by atoms with Gasteiger partial charge in [0.1, 0.15) is 9.88 Å². The van der Waals surface area contributed by atoms with Gasteiger partial charge in [-0.1, -0.05) is 30.4 Å². The van der Waals surface area contributed by atoms with E-state index in [0.717, 1.165) is 5.56 Å². The first-order valence-electron chi connectivity index (χ1n) is 5.74. The van der Waals surface area contributed by atoms with Crippen LogP contribution < -0.4 is 10.5 Å². The highest BCUT2D eigenvalue weighted by Gasteiger charge is 2.15. The minimum absolute atomic E-state index is 0.0563. The second-order valence-electron chi connectivity index (χ2n) is 4.16. The van der Waals surface area contributed by atoms with E-state index in [2.05, 4.69) is 9.71 Å². The third kappa shape index (κ3) is 3.12. The number of nitrogens with two attached hydrogens (primary N) is 1. The fraction of sp³-hybridized carbons (Fsp3) is 0.0769. The lowest BCUT2D eigenvalue weighted by atomic mass is 10.2. The van der Waals surface area contributed by atoms with E-state index in [-0.39, 0.29) is 9.88 Å². The van der Waals surface area contributed by atoms with Crippen molar-refractivity contribution in [1.29, 1.82) is 0 Å². The molecule has 0 saturated carbocycles. The van der Waals surface area contributed by atoms with E-state index in [1.165, 1.54) is 18.3 Å². The highest BCUT2D eigenvalue weighted by Crippen LogP contribution is 2.18. The van der Waals surface area contributed by atoms with Crippen LogP contribution >= 0.6 is 12.2 Å². The molecule has 7 heteroatoms. The van der Waals surface area contributed by atoms with Crippen molar-refractivity contribution in [2.24, 2.45) is 5.73 Å². The van der Waals surface area contributed by atoms with Gasteiger partial charge in [-0.05, 0) is 30.7 Å². The first kappa shape index (κ1) is 14.4. The van der Waals surface area contributed by atoms with Gasteiger partial charge in [-0.3, -0.25) is 9.71 Å². The second kappa shape index (κ2) is 5.56. The number of benzene rings is 1. The molecule has 3 N–H and O–H groups in total. The summed E-state index contributed by atoms with van der Waals surface area (Å²) in [5.74, 6) is 0. The molecule has 1 heterocycles. The average Bonchev–Trinajstić information content (AvgIpc) is 2.41. The number of hydrogen-bond acceptors (Lipinski definition) is 4. The van der Waals surface area contributed by atoms with Gasteiger partial charge in [-0.2, -0.15) is 0 Å². The normalized spacial score (nSPS) is 11.1. The van der Waals surface area contributed by atoms with Crippen LogP contribution in [0.4, 0.5) is 5.69 Å². The molecule has 5 nitrogen and oxygen atoms in total. The number of rotatable bonds is 4. The van der Waals surface area contributed by atoms with E-state index in [1.807, 2.05) is 19.1 Å². The van der Waals surface area contributed by atoms with E-state index in [4.69, 9.17) is 18.0 Å². The lowest BCUT2D eigenvalue weighted by Gasteiger charge is -2.10. The maximum Gasteiger partial charge on any atom is 0.263 e. The molecule has 0 unspecified atom stereocenters. The van der Waals surface area contributed by atoms with Crippen LogP contribution in [0.5, 0.6) is 0 Å². The second-order valence-corrected chi connectivity index (χ2v) is 6.29. The minimum atomic E-state index is -3.67. The molecule has 0 aliphatic carbocycles. The molecule has 0 bridgehead atoms. The van der Waals surface area contributed by atoms with Crippen LogP contribution in [0.2, 0.25) is 0 Å². The largest absolute Gasteiger partial charge is 0.388 e. The maximum absolute atomic E-state index is 12.2. The molecule has 0 radical (unpaired) electrons. The van der Waals surface area contributed by atoms with Gasteiger partial charge in [0, 0.05) is 6.20 Å². The Morgan fingerprint density at radius 1 is 1.25 bits per heavy atom. The van der Waals surface area contributed by atoms with Crippen molar-refractivity contribution >= 4 is 32.9 Å².